The summed E-state index contributed by atoms with van der Waals surface area (Å²) < 4.78 is 7.09. The van der Waals surface area contributed by atoms with Gasteiger partial charge in [-0.3, -0.25) is 14.5 Å². The Bertz CT molecular complexity index is 1160. The number of phenols is 1. The van der Waals surface area contributed by atoms with Crippen molar-refractivity contribution in [3.63, 3.8) is 0 Å². The fourth-order valence-electron chi connectivity index (χ4n) is 7.55. The van der Waals surface area contributed by atoms with Gasteiger partial charge in [-0.25, -0.2) is 0 Å². The molecule has 4 aliphatic rings. The predicted octanol–water partition coefficient (Wildman–Crippen LogP) is 6.66. The molecule has 210 valence electrons. The molecule has 1 aromatic rings. The molecule has 3 fully saturated rings. The van der Waals surface area contributed by atoms with Gasteiger partial charge in [0.2, 0.25) is 11.8 Å². The topological polar surface area (TPSA) is 87.1 Å². The molecule has 0 aromatic heterocycles. The summed E-state index contributed by atoms with van der Waals surface area (Å²) in [5, 5.41) is 21.2. The molecule has 0 unspecified atom stereocenters. The molecule has 1 saturated carbocycles. The number of amides is 2. The first-order valence-electron chi connectivity index (χ1n) is 14.9. The second-order valence-electron chi connectivity index (χ2n) is 11.8. The number of likely N-dealkylation sites (tertiary alicyclic amines) is 1. The smallest absolute Gasteiger partial charge is 0.455 e. The molecule has 5 rings (SSSR count). The molecule has 0 radical (unpaired) electrons. The van der Waals surface area contributed by atoms with Crippen molar-refractivity contribution in [2.24, 2.45) is 17.8 Å². The van der Waals surface area contributed by atoms with Gasteiger partial charge in [-0.15, -0.1) is 0 Å². The first kappa shape index (κ1) is 28.6. The van der Waals surface area contributed by atoms with Gasteiger partial charge in [-0.2, -0.15) is 0 Å². The van der Waals surface area contributed by atoms with Gasteiger partial charge in [0.1, 0.15) is 5.75 Å². The summed E-state index contributed by atoms with van der Waals surface area (Å²) in [6.07, 6.45) is 12.1. The second kappa shape index (κ2) is 12.3. The molecule has 0 spiro atoms. The number of hydrogen-bond acceptors (Lipinski definition) is 5. The van der Waals surface area contributed by atoms with Gasteiger partial charge in [0.05, 0.1) is 17.9 Å². The summed E-state index contributed by atoms with van der Waals surface area (Å²) >= 11 is 3.49. The van der Waals surface area contributed by atoms with Gasteiger partial charge in [-0.05, 0) is 81.0 Å². The normalized spacial score (nSPS) is 28.3. The van der Waals surface area contributed by atoms with Crippen molar-refractivity contribution in [3.05, 3.63) is 45.0 Å². The molecule has 2 aliphatic carbocycles. The molecule has 2 amide bonds. The fraction of sp³-hybridized carbons (Fsp3) is 0.613. The average Bonchev–Trinajstić information content (AvgIpc) is 3.18. The van der Waals surface area contributed by atoms with E-state index in [0.717, 1.165) is 61.4 Å². The molecule has 8 heteroatoms. The van der Waals surface area contributed by atoms with Crippen molar-refractivity contribution >= 4 is 40.9 Å². The van der Waals surface area contributed by atoms with Crippen LogP contribution in [-0.4, -0.2) is 46.1 Å². The first-order valence-corrected chi connectivity index (χ1v) is 15.7. The van der Waals surface area contributed by atoms with Crippen molar-refractivity contribution in [2.45, 2.75) is 103 Å². The van der Waals surface area contributed by atoms with Crippen molar-refractivity contribution in [2.75, 3.05) is 0 Å². The van der Waals surface area contributed by atoms with Crippen LogP contribution in [0.1, 0.15) is 90.0 Å². The highest BCUT2D eigenvalue weighted by Crippen LogP contribution is 2.52. The number of carbonyl (C=O) groups excluding carboxylic acids is 2. The number of benzene rings is 1. The molecule has 0 bridgehead atoms. The van der Waals surface area contributed by atoms with Crippen LogP contribution in [-0.2, 0) is 14.2 Å². The van der Waals surface area contributed by atoms with Crippen LogP contribution in [0.4, 0.5) is 0 Å². The van der Waals surface area contributed by atoms with Crippen LogP contribution in [0.3, 0.4) is 0 Å². The van der Waals surface area contributed by atoms with Crippen molar-refractivity contribution < 1.29 is 24.4 Å². The van der Waals surface area contributed by atoms with Crippen LogP contribution in [0, 0.1) is 17.8 Å². The Morgan fingerprint density at radius 3 is 2.64 bits per heavy atom. The van der Waals surface area contributed by atoms with E-state index in [1.165, 1.54) is 23.1 Å². The molecule has 2 saturated heterocycles. The van der Waals surface area contributed by atoms with Crippen LogP contribution in [0.15, 0.2) is 39.4 Å². The third-order valence-corrected chi connectivity index (χ3v) is 9.86. The number of hydrogen-bond donors (Lipinski definition) is 2. The van der Waals surface area contributed by atoms with E-state index in [4.69, 9.17) is 4.65 Å². The number of aromatic hydroxyl groups is 1. The first-order chi connectivity index (χ1) is 18.8. The van der Waals surface area contributed by atoms with Crippen molar-refractivity contribution in [1.29, 1.82) is 0 Å². The zero-order valence-electron chi connectivity index (χ0n) is 23.2. The van der Waals surface area contributed by atoms with E-state index in [-0.39, 0.29) is 47.5 Å². The van der Waals surface area contributed by atoms with Crippen LogP contribution < -0.4 is 0 Å². The molecular weight excluding hydrogens is 557 g/mol. The number of carbonyl (C=O) groups is 2. The number of rotatable bonds is 8. The summed E-state index contributed by atoms with van der Waals surface area (Å²) in [7, 11) is -0.944. The van der Waals surface area contributed by atoms with E-state index >= 15 is 0 Å². The van der Waals surface area contributed by atoms with Gasteiger partial charge < -0.3 is 14.8 Å². The van der Waals surface area contributed by atoms with Crippen LogP contribution >= 0.6 is 15.9 Å². The van der Waals surface area contributed by atoms with Crippen LogP contribution in [0.25, 0.3) is 6.08 Å². The Morgan fingerprint density at radius 2 is 1.92 bits per heavy atom. The van der Waals surface area contributed by atoms with Crippen LogP contribution in [0.5, 0.6) is 5.75 Å². The monoisotopic (exact) mass is 597 g/mol. The molecule has 2 aliphatic heterocycles. The largest absolute Gasteiger partial charge is 0.507 e. The Labute approximate surface area is 241 Å². The van der Waals surface area contributed by atoms with E-state index in [1.54, 1.807) is 11.0 Å². The molecule has 1 aromatic carbocycles. The summed E-state index contributed by atoms with van der Waals surface area (Å²) in [6, 6.07) is 5.45. The summed E-state index contributed by atoms with van der Waals surface area (Å²) in [6.45, 7) is 4.26. The molecular formula is C31H41BBrNO5. The summed E-state index contributed by atoms with van der Waals surface area (Å²) in [5.74, 6) is -0.574. The average molecular weight is 598 g/mol. The van der Waals surface area contributed by atoms with Crippen molar-refractivity contribution in [1.82, 2.24) is 4.90 Å². The van der Waals surface area contributed by atoms with Gasteiger partial charge in [0.25, 0.3) is 0 Å². The third kappa shape index (κ3) is 5.80. The van der Waals surface area contributed by atoms with Gasteiger partial charge in [0.15, 0.2) is 0 Å². The number of allylic oxidation sites excluding steroid dienone is 2. The lowest BCUT2D eigenvalue weighted by Crippen LogP contribution is -2.46. The number of phenolic OH excluding ortho intramolecular Hbond substituents is 1. The molecule has 2 heterocycles. The number of imide groups is 1. The van der Waals surface area contributed by atoms with Gasteiger partial charge >= 0.3 is 7.12 Å². The lowest BCUT2D eigenvalue weighted by Gasteiger charge is -2.43. The van der Waals surface area contributed by atoms with E-state index < -0.39 is 7.12 Å². The second-order valence-corrected chi connectivity index (χ2v) is 12.7. The van der Waals surface area contributed by atoms with E-state index in [1.807, 2.05) is 18.2 Å². The Kier molecular flexibility index (Phi) is 9.04. The van der Waals surface area contributed by atoms with E-state index in [9.17, 15) is 19.7 Å². The summed E-state index contributed by atoms with van der Waals surface area (Å²) in [5.41, 5.74) is 4.40. The van der Waals surface area contributed by atoms with E-state index in [2.05, 4.69) is 29.8 Å². The Balaban J connectivity index is 1.41. The highest BCUT2D eigenvalue weighted by Gasteiger charge is 2.58. The standard InChI is InChI=1S/C31H41BBrNO5/c1-3-8-20-17-24-29(31(37)34(30(24)36)23-9-6-5-7-10-23)25-18-32(38)39-27(28(20)25)14-11-19(4-2)15-21-16-22(33)12-13-26(21)35/h12-13,15-16,23-25,27,29,35,38H,3-11,14,17-18H2,1-2H3/b19-15+/t24-,25+,27-,29-/m1/s1. The van der Waals surface area contributed by atoms with Gasteiger partial charge in [0, 0.05) is 16.1 Å². The predicted molar refractivity (Wildman–Crippen MR) is 157 cm³/mol. The lowest BCUT2D eigenvalue weighted by atomic mass is 9.58. The molecule has 6 nitrogen and oxygen atoms in total. The number of fused-ring (bicyclic) bond motifs is 3. The maximum Gasteiger partial charge on any atom is 0.455 e. The minimum Gasteiger partial charge on any atom is -0.507 e. The molecule has 2 N–H and O–H groups in total. The lowest BCUT2D eigenvalue weighted by molar-refractivity contribution is -0.143. The third-order valence-electron chi connectivity index (χ3n) is 9.36. The van der Waals surface area contributed by atoms with E-state index in [0.29, 0.717) is 19.2 Å². The summed E-state index contributed by atoms with van der Waals surface area (Å²) in [4.78, 5) is 29.2. The minimum absolute atomic E-state index is 0.0120. The highest BCUT2D eigenvalue weighted by atomic mass is 79.9. The zero-order chi connectivity index (χ0) is 27.7. The quantitative estimate of drug-likeness (QED) is 0.199. The Hall–Kier alpha value is -1.90. The Morgan fingerprint density at radius 1 is 1.15 bits per heavy atom. The fourth-order valence-corrected chi connectivity index (χ4v) is 7.93. The van der Waals surface area contributed by atoms with Gasteiger partial charge in [-0.1, -0.05) is 72.7 Å². The minimum atomic E-state index is -0.944. The molecule has 4 atom stereocenters. The maximum atomic E-state index is 13.9. The zero-order valence-corrected chi connectivity index (χ0v) is 24.8. The highest BCUT2D eigenvalue weighted by molar-refractivity contribution is 9.10. The molecule has 39 heavy (non-hydrogen) atoms. The van der Waals surface area contributed by atoms with Crippen LogP contribution in [0.2, 0.25) is 6.32 Å². The SMILES string of the molecule is CCCC1=C2[C@@H](CC/C(=C/c3cc(Br)ccc3O)CC)OB(O)C[C@@H]2[C@@H]2C(=O)N(C3CCCCC3)C(=O)[C@@H]2C1. The number of nitrogens with zero attached hydrogens (tertiary/aromatic N) is 1. The number of halogens is 1. The van der Waals surface area contributed by atoms with Crippen molar-refractivity contribution in [3.8, 4) is 5.75 Å². The maximum absolute atomic E-state index is 13.9.